The second-order valence-corrected chi connectivity index (χ2v) is 5.72. The maximum Gasteiger partial charge on any atom is 0.286 e. The van der Waals surface area contributed by atoms with Crippen molar-refractivity contribution in [3.63, 3.8) is 0 Å². The predicted molar refractivity (Wildman–Crippen MR) is 86.4 cm³/mol. The zero-order valence-corrected chi connectivity index (χ0v) is 13.5. The van der Waals surface area contributed by atoms with Gasteiger partial charge in [-0.3, -0.25) is 20.4 Å². The van der Waals surface area contributed by atoms with Crippen molar-refractivity contribution in [1.29, 1.82) is 0 Å². The fourth-order valence-electron chi connectivity index (χ4n) is 2.00. The zero-order chi connectivity index (χ0) is 16.2. The topological polar surface area (TPSA) is 100 Å². The van der Waals surface area contributed by atoms with Crippen LogP contribution in [0.15, 0.2) is 45.4 Å². The third-order valence-electron chi connectivity index (χ3n) is 3.11. The first-order chi connectivity index (χ1) is 11.1. The van der Waals surface area contributed by atoms with E-state index < -0.39 is 5.91 Å². The molecule has 0 saturated carbocycles. The summed E-state index contributed by atoms with van der Waals surface area (Å²) in [6, 6.07) is 9.01. The first-order valence-electron chi connectivity index (χ1n) is 6.89. The Kier molecular flexibility index (Phi) is 4.42. The van der Waals surface area contributed by atoms with Crippen LogP contribution in [0.25, 0.3) is 11.1 Å². The molecule has 23 heavy (non-hydrogen) atoms. The molecule has 3 aromatic rings. The number of aryl methyl sites for hydroxylation is 1. The van der Waals surface area contributed by atoms with Gasteiger partial charge in [-0.05, 0) is 34.1 Å². The Labute approximate surface area is 139 Å². The van der Waals surface area contributed by atoms with Crippen molar-refractivity contribution in [1.82, 2.24) is 20.8 Å². The molecule has 0 radical (unpaired) electrons. The molecule has 2 amide bonds. The summed E-state index contributed by atoms with van der Waals surface area (Å²) >= 11 is 3.23. The van der Waals surface area contributed by atoms with Crippen molar-refractivity contribution in [3.05, 3.63) is 52.6 Å². The van der Waals surface area contributed by atoms with Crippen LogP contribution in [0.2, 0.25) is 0 Å². The highest BCUT2D eigenvalue weighted by atomic mass is 79.9. The van der Waals surface area contributed by atoms with Crippen LogP contribution in [0.5, 0.6) is 0 Å². The van der Waals surface area contributed by atoms with E-state index in [0.717, 1.165) is 9.99 Å². The van der Waals surface area contributed by atoms with Crippen molar-refractivity contribution >= 4 is 38.8 Å². The summed E-state index contributed by atoms with van der Waals surface area (Å²) in [6.45, 7) is 0. The summed E-state index contributed by atoms with van der Waals surface area (Å²) in [7, 11) is 0. The molecule has 0 aliphatic heterocycles. The lowest BCUT2D eigenvalue weighted by Gasteiger charge is -2.05. The van der Waals surface area contributed by atoms with E-state index in [4.69, 9.17) is 4.42 Å². The van der Waals surface area contributed by atoms with Crippen molar-refractivity contribution in [2.45, 2.75) is 12.8 Å². The summed E-state index contributed by atoms with van der Waals surface area (Å²) < 4.78 is 6.28. The van der Waals surface area contributed by atoms with Crippen LogP contribution in [-0.2, 0) is 11.2 Å². The van der Waals surface area contributed by atoms with E-state index in [-0.39, 0.29) is 12.3 Å². The highest BCUT2D eigenvalue weighted by Crippen LogP contribution is 2.15. The van der Waals surface area contributed by atoms with Gasteiger partial charge in [0.25, 0.3) is 5.91 Å². The van der Waals surface area contributed by atoms with E-state index in [9.17, 15) is 9.59 Å². The lowest BCUT2D eigenvalue weighted by atomic mass is 10.3. The van der Waals surface area contributed by atoms with Crippen LogP contribution in [0, 0.1) is 0 Å². The summed E-state index contributed by atoms with van der Waals surface area (Å²) in [5, 5.41) is 0. The summed E-state index contributed by atoms with van der Waals surface area (Å²) in [4.78, 5) is 30.6. The van der Waals surface area contributed by atoms with E-state index in [1.807, 2.05) is 24.3 Å². The molecule has 7 nitrogen and oxygen atoms in total. The number of hydrogen-bond acceptors (Lipinski definition) is 4. The van der Waals surface area contributed by atoms with Crippen LogP contribution in [0.3, 0.4) is 0 Å². The summed E-state index contributed by atoms with van der Waals surface area (Å²) in [6.07, 6.45) is 2.13. The Morgan fingerprint density at radius 2 is 2.09 bits per heavy atom. The minimum Gasteiger partial charge on any atom is -0.441 e. The number of nitrogens with zero attached hydrogens (tertiary/aromatic N) is 1. The number of para-hydroxylation sites is 2. The van der Waals surface area contributed by atoms with Gasteiger partial charge < -0.3 is 9.40 Å². The molecular weight excluding hydrogens is 364 g/mol. The fraction of sp³-hybridized carbons (Fsp3) is 0.133. The quantitative estimate of drug-likeness (QED) is 0.608. The molecule has 8 heteroatoms. The number of nitrogens with one attached hydrogen (secondary N) is 3. The van der Waals surface area contributed by atoms with Gasteiger partial charge in [0, 0.05) is 23.5 Å². The van der Waals surface area contributed by atoms with Crippen molar-refractivity contribution < 1.29 is 14.0 Å². The third kappa shape index (κ3) is 3.78. The molecule has 0 bridgehead atoms. The number of oxazole rings is 1. The Bertz CT molecular complexity index is 822. The predicted octanol–water partition coefficient (Wildman–Crippen LogP) is 2.31. The minimum absolute atomic E-state index is 0.154. The van der Waals surface area contributed by atoms with E-state index in [1.165, 1.54) is 0 Å². The summed E-state index contributed by atoms with van der Waals surface area (Å²) in [5.41, 5.74) is 6.47. The molecule has 2 heterocycles. The number of rotatable bonds is 4. The Morgan fingerprint density at radius 3 is 2.83 bits per heavy atom. The number of carbonyl (C=O) groups is 2. The van der Waals surface area contributed by atoms with Gasteiger partial charge >= 0.3 is 0 Å². The van der Waals surface area contributed by atoms with Gasteiger partial charge in [0.1, 0.15) is 11.2 Å². The lowest BCUT2D eigenvalue weighted by molar-refractivity contribution is -0.121. The van der Waals surface area contributed by atoms with Gasteiger partial charge in [-0.15, -0.1) is 0 Å². The number of amides is 2. The van der Waals surface area contributed by atoms with Crippen LogP contribution in [0.4, 0.5) is 0 Å². The van der Waals surface area contributed by atoms with Gasteiger partial charge in [-0.1, -0.05) is 12.1 Å². The molecule has 0 spiro atoms. The molecule has 2 aromatic heterocycles. The number of hydrazine groups is 1. The highest BCUT2D eigenvalue weighted by Gasteiger charge is 2.11. The molecule has 3 rings (SSSR count). The van der Waals surface area contributed by atoms with E-state index >= 15 is 0 Å². The smallest absolute Gasteiger partial charge is 0.286 e. The molecule has 0 unspecified atom stereocenters. The van der Waals surface area contributed by atoms with E-state index in [1.54, 1.807) is 12.3 Å². The van der Waals surface area contributed by atoms with Gasteiger partial charge in [-0.25, -0.2) is 4.98 Å². The van der Waals surface area contributed by atoms with Crippen LogP contribution in [-0.4, -0.2) is 21.8 Å². The van der Waals surface area contributed by atoms with E-state index in [2.05, 4.69) is 36.7 Å². The molecule has 0 aliphatic carbocycles. The van der Waals surface area contributed by atoms with Gasteiger partial charge in [0.05, 0.1) is 0 Å². The maximum atomic E-state index is 11.8. The van der Waals surface area contributed by atoms with Crippen molar-refractivity contribution in [2.24, 2.45) is 0 Å². The monoisotopic (exact) mass is 376 g/mol. The molecule has 0 aliphatic rings. The Hall–Kier alpha value is -2.61. The maximum absolute atomic E-state index is 11.8. The molecule has 0 saturated heterocycles. The number of carbonyl (C=O) groups excluding carboxylic acids is 2. The van der Waals surface area contributed by atoms with Crippen molar-refractivity contribution in [2.75, 3.05) is 0 Å². The second kappa shape index (κ2) is 6.66. The SMILES string of the molecule is O=C(CCc1nc2ccccc2o1)NNC(=O)c1cc(Br)c[nH]1. The first kappa shape index (κ1) is 15.3. The number of aromatic nitrogens is 2. The normalized spacial score (nSPS) is 10.7. The second-order valence-electron chi connectivity index (χ2n) is 4.81. The first-order valence-corrected chi connectivity index (χ1v) is 7.68. The number of H-pyrrole nitrogens is 1. The van der Waals surface area contributed by atoms with Crippen LogP contribution < -0.4 is 10.9 Å². The highest BCUT2D eigenvalue weighted by molar-refractivity contribution is 9.10. The van der Waals surface area contributed by atoms with Gasteiger partial charge in [-0.2, -0.15) is 0 Å². The van der Waals surface area contributed by atoms with Crippen molar-refractivity contribution in [3.8, 4) is 0 Å². The molecular formula is C15H13BrN4O3. The molecule has 118 valence electrons. The average molecular weight is 377 g/mol. The third-order valence-corrected chi connectivity index (χ3v) is 3.57. The van der Waals surface area contributed by atoms with Crippen LogP contribution >= 0.6 is 15.9 Å². The van der Waals surface area contributed by atoms with Crippen LogP contribution in [0.1, 0.15) is 22.8 Å². The van der Waals surface area contributed by atoms with Gasteiger partial charge in [0.2, 0.25) is 5.91 Å². The minimum atomic E-state index is -0.425. The number of hydrogen-bond donors (Lipinski definition) is 3. The van der Waals surface area contributed by atoms with E-state index in [0.29, 0.717) is 23.6 Å². The molecule has 0 fully saturated rings. The average Bonchev–Trinajstić information content (AvgIpc) is 3.16. The number of aromatic amines is 1. The number of benzene rings is 1. The number of fused-ring (bicyclic) bond motifs is 1. The zero-order valence-electron chi connectivity index (χ0n) is 11.9. The standard InChI is InChI=1S/C15H13BrN4O3/c16-9-7-11(17-8-9)15(22)20-19-13(21)5-6-14-18-10-3-1-2-4-12(10)23-14/h1-4,7-8,17H,5-6H2,(H,19,21)(H,20,22). The molecule has 3 N–H and O–H groups in total. The fourth-order valence-corrected chi connectivity index (χ4v) is 2.35. The largest absolute Gasteiger partial charge is 0.441 e. The van der Waals surface area contributed by atoms with Gasteiger partial charge in [0.15, 0.2) is 11.5 Å². The molecule has 1 aromatic carbocycles. The summed E-state index contributed by atoms with van der Waals surface area (Å²) in [5.74, 6) is -0.266. The Morgan fingerprint density at radius 1 is 1.26 bits per heavy atom. The lowest BCUT2D eigenvalue weighted by Crippen LogP contribution is -2.41. The Balaban J connectivity index is 1.48. The number of halogens is 1. The molecule has 0 atom stereocenters.